The van der Waals surface area contributed by atoms with E-state index in [9.17, 15) is 18.8 Å². The standard InChI is InChI=1S/C22H19FN4O4/c1-12-19(13-7-9-14(23)10-8-13)26-27-17(11-18(28)25-20(12)27)21(29)24-16-6-4-3-5-15(16)22(30)31-2/h3-10,17H,11H2,1-2H3,(H,24,29)(H,25,28). The van der Waals surface area contributed by atoms with Crippen LogP contribution in [-0.2, 0) is 14.3 Å². The van der Waals surface area contributed by atoms with Gasteiger partial charge in [-0.15, -0.1) is 0 Å². The fourth-order valence-corrected chi connectivity index (χ4v) is 3.52. The van der Waals surface area contributed by atoms with E-state index in [2.05, 4.69) is 15.7 Å². The lowest BCUT2D eigenvalue weighted by Crippen LogP contribution is -2.36. The number of halogens is 1. The number of hydrogen-bond donors (Lipinski definition) is 2. The number of esters is 1. The molecule has 0 radical (unpaired) electrons. The van der Waals surface area contributed by atoms with Crippen molar-refractivity contribution >= 4 is 29.3 Å². The summed E-state index contributed by atoms with van der Waals surface area (Å²) >= 11 is 0. The van der Waals surface area contributed by atoms with Gasteiger partial charge in [0.05, 0.1) is 30.5 Å². The number of rotatable bonds is 4. The molecule has 1 aromatic heterocycles. The number of carbonyl (C=O) groups is 3. The van der Waals surface area contributed by atoms with Crippen molar-refractivity contribution in [1.82, 2.24) is 9.78 Å². The molecular weight excluding hydrogens is 403 g/mol. The van der Waals surface area contributed by atoms with Gasteiger partial charge in [-0.25, -0.2) is 13.9 Å². The number of nitrogens with one attached hydrogen (secondary N) is 2. The van der Waals surface area contributed by atoms with Gasteiger partial charge >= 0.3 is 5.97 Å². The molecule has 9 heteroatoms. The van der Waals surface area contributed by atoms with Gasteiger partial charge in [0.25, 0.3) is 0 Å². The van der Waals surface area contributed by atoms with Gasteiger partial charge in [-0.1, -0.05) is 12.1 Å². The molecular formula is C22H19FN4O4. The van der Waals surface area contributed by atoms with Crippen LogP contribution in [-0.4, -0.2) is 34.7 Å². The maximum atomic E-state index is 13.3. The number of fused-ring (bicyclic) bond motifs is 1. The highest BCUT2D eigenvalue weighted by Crippen LogP contribution is 2.34. The SMILES string of the molecule is COC(=O)c1ccccc1NC(=O)C1CC(=O)Nc2c(C)c(-c3ccc(F)cc3)nn21. The van der Waals surface area contributed by atoms with Crippen molar-refractivity contribution < 1.29 is 23.5 Å². The van der Waals surface area contributed by atoms with Crippen LogP contribution in [0.5, 0.6) is 0 Å². The third-order valence-corrected chi connectivity index (χ3v) is 5.09. The second-order valence-corrected chi connectivity index (χ2v) is 7.07. The summed E-state index contributed by atoms with van der Waals surface area (Å²) in [5.74, 6) is -1.40. The molecule has 1 aliphatic rings. The van der Waals surface area contributed by atoms with Crippen LogP contribution in [0.4, 0.5) is 15.9 Å². The van der Waals surface area contributed by atoms with E-state index >= 15 is 0 Å². The fraction of sp³-hybridized carbons (Fsp3) is 0.182. The molecule has 31 heavy (non-hydrogen) atoms. The molecule has 4 rings (SSSR count). The number of ether oxygens (including phenoxy) is 1. The molecule has 0 fully saturated rings. The molecule has 2 amide bonds. The lowest BCUT2D eigenvalue weighted by Gasteiger charge is -2.24. The highest BCUT2D eigenvalue weighted by Gasteiger charge is 2.34. The zero-order chi connectivity index (χ0) is 22.1. The highest BCUT2D eigenvalue weighted by molar-refractivity contribution is 6.05. The van der Waals surface area contributed by atoms with Crippen molar-refractivity contribution in [3.05, 3.63) is 65.5 Å². The van der Waals surface area contributed by atoms with E-state index in [-0.39, 0.29) is 29.4 Å². The van der Waals surface area contributed by atoms with Crippen molar-refractivity contribution in [3.8, 4) is 11.3 Å². The minimum absolute atomic E-state index is 0.122. The number of carbonyl (C=O) groups excluding carboxylic acids is 3. The molecule has 0 saturated heterocycles. The normalized spacial score (nSPS) is 15.1. The molecule has 8 nitrogen and oxygen atoms in total. The van der Waals surface area contributed by atoms with Gasteiger partial charge in [0.2, 0.25) is 11.8 Å². The van der Waals surface area contributed by atoms with E-state index in [0.717, 1.165) is 0 Å². The van der Waals surface area contributed by atoms with Crippen molar-refractivity contribution in [2.45, 2.75) is 19.4 Å². The molecule has 2 N–H and O–H groups in total. The third-order valence-electron chi connectivity index (χ3n) is 5.09. The van der Waals surface area contributed by atoms with Crippen molar-refractivity contribution in [2.24, 2.45) is 0 Å². The van der Waals surface area contributed by atoms with Gasteiger partial charge in [-0.05, 0) is 43.3 Å². The second-order valence-electron chi connectivity index (χ2n) is 7.07. The van der Waals surface area contributed by atoms with Gasteiger partial charge in [-0.2, -0.15) is 5.10 Å². The lowest BCUT2D eigenvalue weighted by molar-refractivity contribution is -0.125. The van der Waals surface area contributed by atoms with Crippen LogP contribution in [0.1, 0.15) is 28.4 Å². The Bertz CT molecular complexity index is 1190. The summed E-state index contributed by atoms with van der Waals surface area (Å²) in [6.45, 7) is 1.77. The number of nitrogens with zero attached hydrogens (tertiary/aromatic N) is 2. The fourth-order valence-electron chi connectivity index (χ4n) is 3.52. The average Bonchev–Trinajstić information content (AvgIpc) is 3.10. The monoisotopic (exact) mass is 422 g/mol. The van der Waals surface area contributed by atoms with E-state index < -0.39 is 17.9 Å². The first-order valence-corrected chi connectivity index (χ1v) is 9.52. The Kier molecular flexibility index (Phi) is 5.24. The number of hydrogen-bond acceptors (Lipinski definition) is 5. The smallest absolute Gasteiger partial charge is 0.339 e. The second kappa shape index (κ2) is 8.02. The van der Waals surface area contributed by atoms with Crippen molar-refractivity contribution in [1.29, 1.82) is 0 Å². The predicted octanol–water partition coefficient (Wildman–Crippen LogP) is 3.31. The lowest BCUT2D eigenvalue weighted by atomic mass is 10.1. The Morgan fingerprint density at radius 3 is 2.61 bits per heavy atom. The predicted molar refractivity (Wildman–Crippen MR) is 111 cm³/mol. The molecule has 2 heterocycles. The van der Waals surface area contributed by atoms with Crippen LogP contribution in [0.15, 0.2) is 48.5 Å². The largest absolute Gasteiger partial charge is 0.465 e. The Hall–Kier alpha value is -4.01. The first kappa shape index (κ1) is 20.3. The van der Waals surface area contributed by atoms with Crippen molar-refractivity contribution in [3.63, 3.8) is 0 Å². The summed E-state index contributed by atoms with van der Waals surface area (Å²) in [5, 5.41) is 9.98. The molecule has 0 bridgehead atoms. The molecule has 1 unspecified atom stereocenters. The maximum absolute atomic E-state index is 13.3. The Balaban J connectivity index is 1.69. The molecule has 0 saturated carbocycles. The minimum Gasteiger partial charge on any atom is -0.465 e. The van der Waals surface area contributed by atoms with Crippen LogP contribution in [0.25, 0.3) is 11.3 Å². The topological polar surface area (TPSA) is 102 Å². The van der Waals surface area contributed by atoms with E-state index in [1.165, 1.54) is 30.0 Å². The minimum atomic E-state index is -0.928. The van der Waals surface area contributed by atoms with E-state index in [1.807, 2.05) is 0 Å². The maximum Gasteiger partial charge on any atom is 0.339 e. The zero-order valence-corrected chi connectivity index (χ0v) is 16.8. The molecule has 0 aliphatic carbocycles. The molecule has 3 aromatic rings. The number of amides is 2. The van der Waals surface area contributed by atoms with Gasteiger partial charge in [0.15, 0.2) is 0 Å². The summed E-state index contributed by atoms with van der Waals surface area (Å²) in [6, 6.07) is 11.3. The summed E-state index contributed by atoms with van der Waals surface area (Å²) in [6.07, 6.45) is -0.122. The Labute approximate surface area is 177 Å². The average molecular weight is 422 g/mol. The highest BCUT2D eigenvalue weighted by atomic mass is 19.1. The van der Waals surface area contributed by atoms with E-state index in [1.54, 1.807) is 37.3 Å². The van der Waals surface area contributed by atoms with Crippen molar-refractivity contribution in [2.75, 3.05) is 17.7 Å². The summed E-state index contributed by atoms with van der Waals surface area (Å²) < 4.78 is 19.5. The van der Waals surface area contributed by atoms with Gasteiger partial charge in [0, 0.05) is 11.1 Å². The Morgan fingerprint density at radius 1 is 1.19 bits per heavy atom. The molecule has 158 valence electrons. The molecule has 1 aliphatic heterocycles. The first-order chi connectivity index (χ1) is 14.9. The number of anilines is 2. The molecule has 1 atom stereocenters. The number of methoxy groups -OCH3 is 1. The van der Waals surface area contributed by atoms with Crippen LogP contribution in [0.3, 0.4) is 0 Å². The van der Waals surface area contributed by atoms with Gasteiger partial charge < -0.3 is 15.4 Å². The zero-order valence-electron chi connectivity index (χ0n) is 16.8. The van der Waals surface area contributed by atoms with Crippen LogP contribution in [0.2, 0.25) is 0 Å². The quantitative estimate of drug-likeness (QED) is 0.628. The van der Waals surface area contributed by atoms with Crippen LogP contribution >= 0.6 is 0 Å². The summed E-state index contributed by atoms with van der Waals surface area (Å²) in [5.41, 5.74) is 2.32. The summed E-state index contributed by atoms with van der Waals surface area (Å²) in [7, 11) is 1.25. The van der Waals surface area contributed by atoms with E-state index in [4.69, 9.17) is 4.74 Å². The van der Waals surface area contributed by atoms with Crippen LogP contribution < -0.4 is 10.6 Å². The van der Waals surface area contributed by atoms with Gasteiger partial charge in [0.1, 0.15) is 17.7 Å². The third kappa shape index (κ3) is 3.77. The molecule has 2 aromatic carbocycles. The first-order valence-electron chi connectivity index (χ1n) is 9.52. The molecule has 0 spiro atoms. The van der Waals surface area contributed by atoms with Gasteiger partial charge in [-0.3, -0.25) is 9.59 Å². The van der Waals surface area contributed by atoms with E-state index in [0.29, 0.717) is 22.6 Å². The summed E-state index contributed by atoms with van der Waals surface area (Å²) in [4.78, 5) is 37.4. The number of benzene rings is 2. The van der Waals surface area contributed by atoms with Crippen LogP contribution in [0, 0.1) is 12.7 Å². The Morgan fingerprint density at radius 2 is 1.90 bits per heavy atom. The number of para-hydroxylation sites is 1. The number of aromatic nitrogens is 2.